The number of nitrogens with zero attached hydrogens (tertiary/aromatic N) is 1. The Kier molecular flexibility index (Phi) is 2.53. The number of hydrogen-bond donors (Lipinski definition) is 1. The van der Waals surface area contributed by atoms with Gasteiger partial charge in [-0.3, -0.25) is 0 Å². The summed E-state index contributed by atoms with van der Waals surface area (Å²) in [6, 6.07) is -0.499. The Morgan fingerprint density at radius 2 is 2.45 bits per heavy atom. The van der Waals surface area contributed by atoms with Crippen molar-refractivity contribution in [2.45, 2.75) is 6.04 Å². The summed E-state index contributed by atoms with van der Waals surface area (Å²) >= 11 is 2.04. The zero-order valence-electron chi connectivity index (χ0n) is 5.99. The number of carboxylic acids is 1. The van der Waals surface area contributed by atoms with Gasteiger partial charge in [-0.25, -0.2) is 4.79 Å². The second-order valence-electron chi connectivity index (χ2n) is 2.30. The first-order valence-electron chi connectivity index (χ1n) is 3.11. The third-order valence-electron chi connectivity index (χ3n) is 1.48. The fourth-order valence-electron chi connectivity index (χ4n) is 0.935. The highest BCUT2D eigenvalue weighted by atomic mass is 127. The van der Waals surface area contributed by atoms with E-state index in [2.05, 4.69) is 0 Å². The highest BCUT2D eigenvalue weighted by Crippen LogP contribution is 2.20. The van der Waals surface area contributed by atoms with E-state index in [1.54, 1.807) is 24.2 Å². The topological polar surface area (TPSA) is 40.5 Å². The number of likely N-dealkylation sites (N-methyl/N-ethyl adjacent to an activating group) is 1. The second kappa shape index (κ2) is 3.25. The van der Waals surface area contributed by atoms with Crippen LogP contribution >= 0.6 is 22.6 Å². The van der Waals surface area contributed by atoms with Crippen LogP contribution in [-0.4, -0.2) is 29.1 Å². The van der Waals surface area contributed by atoms with Crippen molar-refractivity contribution in [1.82, 2.24) is 4.90 Å². The predicted molar refractivity (Wildman–Crippen MR) is 50.4 cm³/mol. The standard InChI is InChI=1S/C7H8INO2/c1-9-4-2-3-5(8)6(9)7(10)11/h2-4,6H,1H3,(H,10,11). The number of halogens is 1. The summed E-state index contributed by atoms with van der Waals surface area (Å²) in [5.41, 5.74) is 0. The molecule has 0 aromatic heterocycles. The Morgan fingerprint density at radius 3 is 2.82 bits per heavy atom. The zero-order chi connectivity index (χ0) is 8.43. The minimum absolute atomic E-state index is 0.499. The van der Waals surface area contributed by atoms with Gasteiger partial charge in [-0.1, -0.05) is 0 Å². The molecule has 0 amide bonds. The van der Waals surface area contributed by atoms with Crippen molar-refractivity contribution >= 4 is 28.6 Å². The van der Waals surface area contributed by atoms with E-state index in [0.29, 0.717) is 0 Å². The molecule has 11 heavy (non-hydrogen) atoms. The SMILES string of the molecule is CN1C=CC=C(I)C1C(=O)O. The molecule has 1 aliphatic rings. The lowest BCUT2D eigenvalue weighted by Gasteiger charge is -2.24. The van der Waals surface area contributed by atoms with E-state index < -0.39 is 12.0 Å². The largest absolute Gasteiger partial charge is 0.479 e. The number of carboxylic acid groups (broad SMARTS) is 1. The van der Waals surface area contributed by atoms with E-state index in [9.17, 15) is 4.79 Å². The molecule has 1 heterocycles. The van der Waals surface area contributed by atoms with E-state index in [-0.39, 0.29) is 0 Å². The van der Waals surface area contributed by atoms with Crippen LogP contribution in [0, 0.1) is 0 Å². The molecule has 3 nitrogen and oxygen atoms in total. The average Bonchev–Trinajstić information content (AvgIpc) is 1.85. The van der Waals surface area contributed by atoms with Gasteiger partial charge in [0.25, 0.3) is 0 Å². The van der Waals surface area contributed by atoms with E-state index >= 15 is 0 Å². The summed E-state index contributed by atoms with van der Waals surface area (Å²) in [6.07, 6.45) is 5.39. The van der Waals surface area contributed by atoms with Gasteiger partial charge in [0, 0.05) is 10.6 Å². The van der Waals surface area contributed by atoms with Crippen molar-refractivity contribution in [2.24, 2.45) is 0 Å². The molecule has 1 aliphatic heterocycles. The molecule has 0 saturated carbocycles. The van der Waals surface area contributed by atoms with Gasteiger partial charge in [-0.15, -0.1) is 0 Å². The minimum atomic E-state index is -0.808. The third-order valence-corrected chi connectivity index (χ3v) is 2.43. The van der Waals surface area contributed by atoms with Crippen LogP contribution in [0.2, 0.25) is 0 Å². The molecule has 4 heteroatoms. The zero-order valence-corrected chi connectivity index (χ0v) is 8.15. The van der Waals surface area contributed by atoms with E-state index in [0.717, 1.165) is 3.58 Å². The average molecular weight is 265 g/mol. The van der Waals surface area contributed by atoms with Crippen LogP contribution in [0.4, 0.5) is 0 Å². The molecule has 0 spiro atoms. The molecule has 1 N–H and O–H groups in total. The van der Waals surface area contributed by atoms with Crippen LogP contribution in [0.5, 0.6) is 0 Å². The lowest BCUT2D eigenvalue weighted by Crippen LogP contribution is -2.36. The molecule has 60 valence electrons. The lowest BCUT2D eigenvalue weighted by atomic mass is 10.2. The summed E-state index contributed by atoms with van der Waals surface area (Å²) in [5.74, 6) is -0.808. The van der Waals surface area contributed by atoms with Crippen LogP contribution in [0.3, 0.4) is 0 Å². The van der Waals surface area contributed by atoms with E-state index in [1.165, 1.54) is 0 Å². The number of aliphatic carboxylic acids is 1. The summed E-state index contributed by atoms with van der Waals surface area (Å²) in [7, 11) is 1.75. The smallest absolute Gasteiger partial charge is 0.331 e. The monoisotopic (exact) mass is 265 g/mol. The Labute approximate surface area is 78.5 Å². The second-order valence-corrected chi connectivity index (χ2v) is 3.54. The van der Waals surface area contributed by atoms with Gasteiger partial charge >= 0.3 is 5.97 Å². The van der Waals surface area contributed by atoms with Gasteiger partial charge in [-0.2, -0.15) is 0 Å². The number of allylic oxidation sites excluding steroid dienone is 2. The van der Waals surface area contributed by atoms with Crippen LogP contribution in [0.1, 0.15) is 0 Å². The van der Waals surface area contributed by atoms with Gasteiger partial charge in [0.2, 0.25) is 0 Å². The molecule has 0 fully saturated rings. The maximum absolute atomic E-state index is 10.7. The van der Waals surface area contributed by atoms with Crippen molar-refractivity contribution < 1.29 is 9.90 Å². The molecular formula is C7H8INO2. The maximum Gasteiger partial charge on any atom is 0.331 e. The van der Waals surface area contributed by atoms with E-state index in [1.807, 2.05) is 28.7 Å². The van der Waals surface area contributed by atoms with Gasteiger partial charge in [-0.05, 0) is 40.9 Å². The van der Waals surface area contributed by atoms with Crippen LogP contribution in [0.15, 0.2) is 21.9 Å². The number of rotatable bonds is 1. The van der Waals surface area contributed by atoms with Crippen LogP contribution < -0.4 is 0 Å². The number of hydrogen-bond acceptors (Lipinski definition) is 2. The third kappa shape index (κ3) is 1.74. The Hall–Kier alpha value is -0.520. The van der Waals surface area contributed by atoms with E-state index in [4.69, 9.17) is 5.11 Å². The van der Waals surface area contributed by atoms with Gasteiger partial charge < -0.3 is 10.0 Å². The molecular weight excluding hydrogens is 257 g/mol. The fraction of sp³-hybridized carbons (Fsp3) is 0.286. The van der Waals surface area contributed by atoms with Crippen molar-refractivity contribution in [1.29, 1.82) is 0 Å². The van der Waals surface area contributed by atoms with Crippen LogP contribution in [-0.2, 0) is 4.79 Å². The normalized spacial score (nSPS) is 23.3. The van der Waals surface area contributed by atoms with Gasteiger partial charge in [0.1, 0.15) is 0 Å². The first kappa shape index (κ1) is 8.58. The molecule has 0 bridgehead atoms. The van der Waals surface area contributed by atoms with Crippen molar-refractivity contribution in [3.63, 3.8) is 0 Å². The summed E-state index contributed by atoms with van der Waals surface area (Å²) in [5, 5.41) is 8.76. The highest BCUT2D eigenvalue weighted by Gasteiger charge is 2.24. The lowest BCUT2D eigenvalue weighted by molar-refractivity contribution is -0.140. The first-order valence-corrected chi connectivity index (χ1v) is 4.19. The molecule has 0 aromatic carbocycles. The van der Waals surface area contributed by atoms with Crippen molar-refractivity contribution in [2.75, 3.05) is 7.05 Å². The molecule has 0 aromatic rings. The van der Waals surface area contributed by atoms with Gasteiger partial charge in [0.15, 0.2) is 6.04 Å². The predicted octanol–water partition coefficient (Wildman–Crippen LogP) is 1.22. The van der Waals surface area contributed by atoms with Gasteiger partial charge in [0.05, 0.1) is 0 Å². The Morgan fingerprint density at radius 1 is 1.82 bits per heavy atom. The first-order chi connectivity index (χ1) is 5.13. The Balaban J connectivity index is 2.86. The molecule has 0 radical (unpaired) electrons. The molecule has 1 rings (SSSR count). The van der Waals surface area contributed by atoms with Crippen molar-refractivity contribution in [3.05, 3.63) is 21.9 Å². The molecule has 1 atom stereocenters. The molecule has 0 aliphatic carbocycles. The van der Waals surface area contributed by atoms with Crippen LogP contribution in [0.25, 0.3) is 0 Å². The fourth-order valence-corrected chi connectivity index (χ4v) is 1.85. The van der Waals surface area contributed by atoms with Crippen molar-refractivity contribution in [3.8, 4) is 0 Å². The maximum atomic E-state index is 10.7. The summed E-state index contributed by atoms with van der Waals surface area (Å²) in [6.45, 7) is 0. The summed E-state index contributed by atoms with van der Waals surface area (Å²) in [4.78, 5) is 12.3. The molecule has 0 saturated heterocycles. The summed E-state index contributed by atoms with van der Waals surface area (Å²) < 4.78 is 0.833. The molecule has 1 unspecified atom stereocenters. The Bertz CT molecular complexity index is 235. The highest BCUT2D eigenvalue weighted by molar-refractivity contribution is 14.1. The quantitative estimate of drug-likeness (QED) is 0.724. The minimum Gasteiger partial charge on any atom is -0.479 e. The number of carbonyl (C=O) groups is 1.